The highest BCUT2D eigenvalue weighted by Gasteiger charge is 2.30. The second-order valence-corrected chi connectivity index (χ2v) is 8.29. The van der Waals surface area contributed by atoms with E-state index >= 15 is 0 Å². The molecule has 3 heterocycles. The SMILES string of the molecule is Cc1cc(C(F)F)nc2sc(C(N)=O)c(NC(=O)Cn3nc(C4CC4)cc3C(F)F)c12. The number of hydrogen-bond donors (Lipinski definition) is 2. The molecule has 0 aliphatic heterocycles. The van der Waals surface area contributed by atoms with Crippen molar-refractivity contribution in [2.24, 2.45) is 5.73 Å². The molecule has 12 heteroatoms. The smallest absolute Gasteiger partial charge is 0.280 e. The molecule has 164 valence electrons. The van der Waals surface area contributed by atoms with E-state index in [2.05, 4.69) is 15.4 Å². The van der Waals surface area contributed by atoms with E-state index in [0.717, 1.165) is 34.9 Å². The summed E-state index contributed by atoms with van der Waals surface area (Å²) in [6, 6.07) is 2.45. The van der Waals surface area contributed by atoms with E-state index in [-0.39, 0.29) is 27.0 Å². The number of alkyl halides is 4. The van der Waals surface area contributed by atoms with Crippen molar-refractivity contribution in [3.63, 3.8) is 0 Å². The number of carbonyl (C=O) groups excluding carboxylic acids is 2. The van der Waals surface area contributed by atoms with E-state index in [1.807, 2.05) is 0 Å². The van der Waals surface area contributed by atoms with E-state index in [1.54, 1.807) is 0 Å². The van der Waals surface area contributed by atoms with Gasteiger partial charge in [-0.15, -0.1) is 11.3 Å². The molecule has 0 saturated heterocycles. The number of carbonyl (C=O) groups is 2. The number of anilines is 1. The van der Waals surface area contributed by atoms with Gasteiger partial charge in [0.05, 0.1) is 11.4 Å². The number of hydrogen-bond acceptors (Lipinski definition) is 5. The second kappa shape index (κ2) is 7.91. The van der Waals surface area contributed by atoms with Crippen LogP contribution in [0.5, 0.6) is 0 Å². The zero-order valence-electron chi connectivity index (χ0n) is 16.2. The van der Waals surface area contributed by atoms with Crippen LogP contribution in [0.4, 0.5) is 23.2 Å². The van der Waals surface area contributed by atoms with Crippen LogP contribution in [0.3, 0.4) is 0 Å². The second-order valence-electron chi connectivity index (χ2n) is 7.29. The Morgan fingerprint density at radius 2 is 1.97 bits per heavy atom. The van der Waals surface area contributed by atoms with Crippen LogP contribution in [-0.4, -0.2) is 26.6 Å². The Bertz CT molecular complexity index is 1190. The Morgan fingerprint density at radius 1 is 1.26 bits per heavy atom. The lowest BCUT2D eigenvalue weighted by Crippen LogP contribution is -2.22. The van der Waals surface area contributed by atoms with Gasteiger partial charge in [0.15, 0.2) is 0 Å². The highest BCUT2D eigenvalue weighted by atomic mass is 32.1. The first-order chi connectivity index (χ1) is 14.7. The third-order valence-corrected chi connectivity index (χ3v) is 6.03. The lowest BCUT2D eigenvalue weighted by molar-refractivity contribution is -0.117. The number of primary amides is 1. The fourth-order valence-corrected chi connectivity index (χ4v) is 4.42. The molecule has 0 radical (unpaired) electrons. The number of rotatable bonds is 7. The van der Waals surface area contributed by atoms with E-state index in [0.29, 0.717) is 16.6 Å². The third kappa shape index (κ3) is 4.11. The average molecular weight is 455 g/mol. The average Bonchev–Trinajstić information content (AvgIpc) is 3.34. The minimum absolute atomic E-state index is 0.0245. The summed E-state index contributed by atoms with van der Waals surface area (Å²) >= 11 is 0.774. The Balaban J connectivity index is 1.67. The molecule has 0 atom stereocenters. The molecule has 1 aliphatic carbocycles. The highest BCUT2D eigenvalue weighted by Crippen LogP contribution is 2.41. The summed E-state index contributed by atoms with van der Waals surface area (Å²) < 4.78 is 53.8. The fraction of sp³-hybridized carbons (Fsp3) is 0.368. The molecule has 0 bridgehead atoms. The summed E-state index contributed by atoms with van der Waals surface area (Å²) in [4.78, 5) is 28.4. The van der Waals surface area contributed by atoms with Crippen LogP contribution >= 0.6 is 11.3 Å². The molecule has 4 rings (SSSR count). The Morgan fingerprint density at radius 3 is 2.55 bits per heavy atom. The molecule has 0 spiro atoms. The Hall–Kier alpha value is -3.02. The predicted octanol–water partition coefficient (Wildman–Crippen LogP) is 4.29. The monoisotopic (exact) mass is 455 g/mol. The molecule has 3 N–H and O–H groups in total. The van der Waals surface area contributed by atoms with Crippen LogP contribution in [0.15, 0.2) is 12.1 Å². The van der Waals surface area contributed by atoms with Crippen molar-refractivity contribution in [1.29, 1.82) is 0 Å². The van der Waals surface area contributed by atoms with E-state index in [4.69, 9.17) is 5.73 Å². The maximum absolute atomic E-state index is 13.4. The topological polar surface area (TPSA) is 103 Å². The molecule has 1 saturated carbocycles. The van der Waals surface area contributed by atoms with Gasteiger partial charge in [-0.05, 0) is 37.5 Å². The summed E-state index contributed by atoms with van der Waals surface area (Å²) in [7, 11) is 0. The van der Waals surface area contributed by atoms with Crippen LogP contribution in [0.1, 0.15) is 63.9 Å². The molecule has 0 aromatic carbocycles. The number of thiophene rings is 1. The van der Waals surface area contributed by atoms with Crippen LogP contribution in [0.25, 0.3) is 10.2 Å². The van der Waals surface area contributed by atoms with Crippen molar-refractivity contribution in [1.82, 2.24) is 14.8 Å². The molecule has 1 fully saturated rings. The summed E-state index contributed by atoms with van der Waals surface area (Å²) in [5, 5.41) is 6.93. The van der Waals surface area contributed by atoms with Gasteiger partial charge in [-0.3, -0.25) is 14.3 Å². The summed E-state index contributed by atoms with van der Waals surface area (Å²) in [6.45, 7) is 1.02. The summed E-state index contributed by atoms with van der Waals surface area (Å²) in [6.07, 6.45) is -3.90. The van der Waals surface area contributed by atoms with Crippen molar-refractivity contribution in [2.45, 2.75) is 45.1 Å². The molecule has 7 nitrogen and oxygen atoms in total. The van der Waals surface area contributed by atoms with Gasteiger partial charge in [-0.1, -0.05) is 0 Å². The zero-order chi connectivity index (χ0) is 22.4. The number of aromatic nitrogens is 3. The zero-order valence-corrected chi connectivity index (χ0v) is 17.0. The van der Waals surface area contributed by atoms with Gasteiger partial charge in [0.25, 0.3) is 18.8 Å². The van der Waals surface area contributed by atoms with Crippen LogP contribution in [-0.2, 0) is 11.3 Å². The van der Waals surface area contributed by atoms with E-state index in [9.17, 15) is 27.2 Å². The normalized spacial score (nSPS) is 14.0. The fourth-order valence-electron chi connectivity index (χ4n) is 3.36. The molecule has 2 amide bonds. The lowest BCUT2D eigenvalue weighted by Gasteiger charge is -2.10. The number of amides is 2. The number of pyridine rings is 1. The highest BCUT2D eigenvalue weighted by molar-refractivity contribution is 7.21. The van der Waals surface area contributed by atoms with Gasteiger partial charge in [0.1, 0.15) is 27.6 Å². The van der Waals surface area contributed by atoms with Crippen molar-refractivity contribution in [3.05, 3.63) is 39.7 Å². The number of aryl methyl sites for hydroxylation is 1. The first kappa shape index (κ1) is 21.2. The van der Waals surface area contributed by atoms with Crippen molar-refractivity contribution >= 4 is 39.1 Å². The molecule has 31 heavy (non-hydrogen) atoms. The van der Waals surface area contributed by atoms with Gasteiger partial charge < -0.3 is 11.1 Å². The van der Waals surface area contributed by atoms with Gasteiger partial charge in [-0.25, -0.2) is 22.5 Å². The summed E-state index contributed by atoms with van der Waals surface area (Å²) in [5.41, 5.74) is 5.45. The first-order valence-electron chi connectivity index (χ1n) is 9.33. The number of nitrogens with zero attached hydrogens (tertiary/aromatic N) is 3. The Kier molecular flexibility index (Phi) is 5.42. The van der Waals surface area contributed by atoms with Gasteiger partial charge in [0, 0.05) is 11.3 Å². The molecular weight excluding hydrogens is 438 g/mol. The van der Waals surface area contributed by atoms with Gasteiger partial charge in [-0.2, -0.15) is 5.10 Å². The summed E-state index contributed by atoms with van der Waals surface area (Å²) in [5.74, 6) is -1.46. The maximum atomic E-state index is 13.4. The molecule has 3 aromatic heterocycles. The van der Waals surface area contributed by atoms with Gasteiger partial charge in [0.2, 0.25) is 5.91 Å². The van der Waals surface area contributed by atoms with Gasteiger partial charge >= 0.3 is 0 Å². The standard InChI is InChI=1S/C19H17F4N5O2S/c1-7-4-10(16(20)21)25-19-13(7)14(15(31-19)18(24)30)26-12(29)6-28-11(17(22)23)5-9(27-28)8-2-3-8/h4-5,8,16-17H,2-3,6H2,1H3,(H2,24,30)(H,26,29). The van der Waals surface area contributed by atoms with Crippen molar-refractivity contribution < 1.29 is 27.2 Å². The minimum atomic E-state index is -2.81. The molecule has 0 unspecified atom stereocenters. The number of fused-ring (bicyclic) bond motifs is 1. The first-order valence-corrected chi connectivity index (χ1v) is 10.1. The number of nitrogens with two attached hydrogens (primary N) is 1. The van der Waals surface area contributed by atoms with E-state index < -0.39 is 36.9 Å². The van der Waals surface area contributed by atoms with Crippen molar-refractivity contribution in [3.8, 4) is 0 Å². The molecule has 3 aromatic rings. The Labute approximate surface area is 177 Å². The number of halogens is 4. The largest absolute Gasteiger partial charge is 0.365 e. The maximum Gasteiger partial charge on any atom is 0.280 e. The van der Waals surface area contributed by atoms with Crippen LogP contribution in [0, 0.1) is 6.92 Å². The minimum Gasteiger partial charge on any atom is -0.365 e. The lowest BCUT2D eigenvalue weighted by atomic mass is 10.1. The number of nitrogens with one attached hydrogen (secondary N) is 1. The van der Waals surface area contributed by atoms with Crippen LogP contribution in [0.2, 0.25) is 0 Å². The molecule has 1 aliphatic rings. The van der Waals surface area contributed by atoms with E-state index in [1.165, 1.54) is 13.0 Å². The quantitative estimate of drug-likeness (QED) is 0.519. The predicted molar refractivity (Wildman–Crippen MR) is 106 cm³/mol. The molecular formula is C19H17F4N5O2S. The van der Waals surface area contributed by atoms with Crippen LogP contribution < -0.4 is 11.1 Å². The third-order valence-electron chi connectivity index (χ3n) is 4.93. The van der Waals surface area contributed by atoms with Crippen molar-refractivity contribution in [2.75, 3.05) is 5.32 Å².